The zero-order valence-electron chi connectivity index (χ0n) is 10.0. The molecule has 0 bridgehead atoms. The lowest BCUT2D eigenvalue weighted by molar-refractivity contribution is -0.122. The van der Waals surface area contributed by atoms with Crippen LogP contribution in [0.1, 0.15) is 18.4 Å². The molecule has 1 aliphatic rings. The van der Waals surface area contributed by atoms with Crippen molar-refractivity contribution in [3.8, 4) is 0 Å². The third-order valence-electron chi connectivity index (χ3n) is 2.80. The molecule has 0 spiro atoms. The van der Waals surface area contributed by atoms with E-state index in [1.54, 1.807) is 6.07 Å². The van der Waals surface area contributed by atoms with E-state index in [9.17, 15) is 9.18 Å². The molecule has 0 aromatic heterocycles. The molecule has 1 aromatic rings. The third-order valence-corrected chi connectivity index (χ3v) is 3.02. The molecule has 1 aromatic carbocycles. The van der Waals surface area contributed by atoms with Gasteiger partial charge in [0.15, 0.2) is 0 Å². The maximum atomic E-state index is 13.0. The second kappa shape index (κ2) is 6.16. The Balaban J connectivity index is 1.63. The number of benzene rings is 1. The van der Waals surface area contributed by atoms with E-state index >= 15 is 0 Å². The molecule has 1 aliphatic carbocycles. The first-order valence-electron chi connectivity index (χ1n) is 6.08. The SMILES string of the molecule is O=C(NCCNCc1cc(F)cc(Cl)c1)C1CC1. The van der Waals surface area contributed by atoms with Crippen LogP contribution in [0.3, 0.4) is 0 Å². The lowest BCUT2D eigenvalue weighted by Gasteiger charge is -2.07. The Kier molecular flexibility index (Phi) is 4.55. The zero-order valence-corrected chi connectivity index (χ0v) is 10.8. The second-order valence-electron chi connectivity index (χ2n) is 4.52. The highest BCUT2D eigenvalue weighted by Crippen LogP contribution is 2.28. The number of hydrogen-bond donors (Lipinski definition) is 2. The van der Waals surface area contributed by atoms with Crippen LogP contribution in [-0.2, 0) is 11.3 Å². The summed E-state index contributed by atoms with van der Waals surface area (Å²) in [6.45, 7) is 1.79. The molecule has 0 aliphatic heterocycles. The number of nitrogens with one attached hydrogen (secondary N) is 2. The number of carbonyl (C=O) groups is 1. The minimum atomic E-state index is -0.332. The highest BCUT2D eigenvalue weighted by molar-refractivity contribution is 6.30. The van der Waals surface area contributed by atoms with Gasteiger partial charge in [-0.05, 0) is 36.6 Å². The molecule has 1 fully saturated rings. The van der Waals surface area contributed by atoms with Crippen molar-refractivity contribution in [3.05, 3.63) is 34.6 Å². The number of amides is 1. The van der Waals surface area contributed by atoms with Gasteiger partial charge in [0.25, 0.3) is 0 Å². The lowest BCUT2D eigenvalue weighted by atomic mass is 10.2. The number of rotatable bonds is 6. The summed E-state index contributed by atoms with van der Waals surface area (Å²) in [5.41, 5.74) is 0.800. The molecule has 1 saturated carbocycles. The molecule has 2 rings (SSSR count). The fourth-order valence-corrected chi connectivity index (χ4v) is 1.95. The second-order valence-corrected chi connectivity index (χ2v) is 4.96. The van der Waals surface area contributed by atoms with E-state index in [1.165, 1.54) is 12.1 Å². The van der Waals surface area contributed by atoms with Crippen molar-refractivity contribution in [1.82, 2.24) is 10.6 Å². The smallest absolute Gasteiger partial charge is 0.223 e. The number of carbonyl (C=O) groups excluding carboxylic acids is 1. The number of halogens is 2. The summed E-state index contributed by atoms with van der Waals surface area (Å²) in [7, 11) is 0. The molecule has 0 saturated heterocycles. The van der Waals surface area contributed by atoms with Crippen molar-refractivity contribution in [2.75, 3.05) is 13.1 Å². The Morgan fingerprint density at radius 2 is 2.11 bits per heavy atom. The summed E-state index contributed by atoms with van der Waals surface area (Å²) in [6.07, 6.45) is 2.03. The van der Waals surface area contributed by atoms with E-state index in [1.807, 2.05) is 0 Å². The van der Waals surface area contributed by atoms with Gasteiger partial charge in [-0.3, -0.25) is 4.79 Å². The quantitative estimate of drug-likeness (QED) is 0.778. The van der Waals surface area contributed by atoms with Gasteiger partial charge in [0.05, 0.1) is 0 Å². The van der Waals surface area contributed by atoms with E-state index in [0.717, 1.165) is 18.4 Å². The first-order chi connectivity index (χ1) is 8.65. The van der Waals surface area contributed by atoms with Crippen LogP contribution in [0.25, 0.3) is 0 Å². The average molecular weight is 271 g/mol. The standard InChI is InChI=1S/C13H16ClFN2O/c14-11-5-9(6-12(15)7-11)8-16-3-4-17-13(18)10-1-2-10/h5-7,10,16H,1-4,8H2,(H,17,18). The van der Waals surface area contributed by atoms with Crippen LogP contribution in [0, 0.1) is 11.7 Å². The molecule has 0 unspecified atom stereocenters. The monoisotopic (exact) mass is 270 g/mol. The van der Waals surface area contributed by atoms with Gasteiger partial charge in [0.2, 0.25) is 5.91 Å². The minimum Gasteiger partial charge on any atom is -0.355 e. The fourth-order valence-electron chi connectivity index (χ4n) is 1.71. The summed E-state index contributed by atoms with van der Waals surface area (Å²) in [6, 6.07) is 4.45. The Labute approximate surface area is 111 Å². The van der Waals surface area contributed by atoms with Gasteiger partial charge < -0.3 is 10.6 Å². The van der Waals surface area contributed by atoms with Gasteiger partial charge in [-0.15, -0.1) is 0 Å². The van der Waals surface area contributed by atoms with Crippen molar-refractivity contribution in [1.29, 1.82) is 0 Å². The fraction of sp³-hybridized carbons (Fsp3) is 0.462. The van der Waals surface area contributed by atoms with E-state index in [-0.39, 0.29) is 17.6 Å². The lowest BCUT2D eigenvalue weighted by Crippen LogP contribution is -2.32. The predicted molar refractivity (Wildman–Crippen MR) is 68.9 cm³/mol. The van der Waals surface area contributed by atoms with Crippen LogP contribution >= 0.6 is 11.6 Å². The summed E-state index contributed by atoms with van der Waals surface area (Å²) >= 11 is 5.75. The van der Waals surface area contributed by atoms with Crippen LogP contribution < -0.4 is 10.6 Å². The third kappa shape index (κ3) is 4.27. The van der Waals surface area contributed by atoms with Crippen LogP contribution in [-0.4, -0.2) is 19.0 Å². The van der Waals surface area contributed by atoms with Gasteiger partial charge in [0, 0.05) is 30.6 Å². The van der Waals surface area contributed by atoms with Gasteiger partial charge in [0.1, 0.15) is 5.82 Å². The largest absolute Gasteiger partial charge is 0.355 e. The molecule has 98 valence electrons. The molecule has 0 radical (unpaired) electrons. The van der Waals surface area contributed by atoms with Crippen molar-refractivity contribution < 1.29 is 9.18 Å². The van der Waals surface area contributed by atoms with E-state index in [4.69, 9.17) is 11.6 Å². The highest BCUT2D eigenvalue weighted by atomic mass is 35.5. The maximum Gasteiger partial charge on any atom is 0.223 e. The summed E-state index contributed by atoms with van der Waals surface area (Å²) in [4.78, 5) is 11.3. The molecular formula is C13H16ClFN2O. The van der Waals surface area contributed by atoms with E-state index in [0.29, 0.717) is 24.7 Å². The van der Waals surface area contributed by atoms with Crippen molar-refractivity contribution in [3.63, 3.8) is 0 Å². The molecule has 18 heavy (non-hydrogen) atoms. The average Bonchev–Trinajstić information content (AvgIpc) is 3.10. The maximum absolute atomic E-state index is 13.0. The van der Waals surface area contributed by atoms with Gasteiger partial charge in [-0.1, -0.05) is 11.6 Å². The molecule has 1 amide bonds. The van der Waals surface area contributed by atoms with E-state index < -0.39 is 0 Å². The minimum absolute atomic E-state index is 0.144. The van der Waals surface area contributed by atoms with Gasteiger partial charge >= 0.3 is 0 Å². The predicted octanol–water partition coefficient (Wildman–Crippen LogP) is 2.09. The van der Waals surface area contributed by atoms with E-state index in [2.05, 4.69) is 10.6 Å². The molecule has 2 N–H and O–H groups in total. The van der Waals surface area contributed by atoms with Crippen LogP contribution in [0.4, 0.5) is 4.39 Å². The van der Waals surface area contributed by atoms with Crippen molar-refractivity contribution in [2.24, 2.45) is 5.92 Å². The Morgan fingerprint density at radius 1 is 1.33 bits per heavy atom. The Bertz CT molecular complexity index is 415. The van der Waals surface area contributed by atoms with Crippen LogP contribution in [0.15, 0.2) is 18.2 Å². The van der Waals surface area contributed by atoms with Gasteiger partial charge in [-0.25, -0.2) is 4.39 Å². The molecule has 0 atom stereocenters. The van der Waals surface area contributed by atoms with Crippen molar-refractivity contribution >= 4 is 17.5 Å². The van der Waals surface area contributed by atoms with Crippen molar-refractivity contribution in [2.45, 2.75) is 19.4 Å². The normalized spacial score (nSPS) is 14.6. The molecule has 3 nitrogen and oxygen atoms in total. The molecule has 5 heteroatoms. The highest BCUT2D eigenvalue weighted by Gasteiger charge is 2.28. The molecular weight excluding hydrogens is 255 g/mol. The van der Waals surface area contributed by atoms with Crippen LogP contribution in [0.5, 0.6) is 0 Å². The first-order valence-corrected chi connectivity index (χ1v) is 6.46. The molecule has 0 heterocycles. The Hall–Kier alpha value is -1.13. The number of hydrogen-bond acceptors (Lipinski definition) is 2. The van der Waals surface area contributed by atoms with Gasteiger partial charge in [-0.2, -0.15) is 0 Å². The summed E-state index contributed by atoms with van der Waals surface area (Å²) in [5.74, 6) is 0.0546. The Morgan fingerprint density at radius 3 is 2.78 bits per heavy atom. The first kappa shape index (κ1) is 13.3. The topological polar surface area (TPSA) is 41.1 Å². The zero-order chi connectivity index (χ0) is 13.0. The van der Waals surface area contributed by atoms with Crippen LogP contribution in [0.2, 0.25) is 5.02 Å². The summed E-state index contributed by atoms with van der Waals surface area (Å²) < 4.78 is 13.0. The summed E-state index contributed by atoms with van der Waals surface area (Å²) in [5, 5.41) is 6.38.